The van der Waals surface area contributed by atoms with Gasteiger partial charge < -0.3 is 29.6 Å². The van der Waals surface area contributed by atoms with E-state index in [1.54, 1.807) is 27.7 Å². The van der Waals surface area contributed by atoms with Crippen LogP contribution >= 0.6 is 0 Å². The molecule has 33 heavy (non-hydrogen) atoms. The zero-order valence-electron chi connectivity index (χ0n) is 19.6. The van der Waals surface area contributed by atoms with Gasteiger partial charge in [0.2, 0.25) is 11.8 Å². The van der Waals surface area contributed by atoms with E-state index in [0.717, 1.165) is 0 Å². The summed E-state index contributed by atoms with van der Waals surface area (Å²) in [5.74, 6) is -4.23. The molecule has 12 nitrogen and oxygen atoms in total. The predicted octanol–water partition coefficient (Wildman–Crippen LogP) is 0.159. The maximum Gasteiger partial charge on any atom is 0.328 e. The van der Waals surface area contributed by atoms with Gasteiger partial charge in [-0.15, -0.1) is 0 Å². The summed E-state index contributed by atoms with van der Waals surface area (Å²) in [5.41, 5.74) is 0. The lowest BCUT2D eigenvalue weighted by atomic mass is 10.1. The maximum absolute atomic E-state index is 12.3. The van der Waals surface area contributed by atoms with Gasteiger partial charge in [0.1, 0.15) is 18.5 Å². The fraction of sp³-hybridized carbons (Fsp3) is 0.714. The number of carbonyl (C=O) groups is 6. The average molecular weight is 475 g/mol. The van der Waals surface area contributed by atoms with Gasteiger partial charge in [-0.05, 0) is 40.5 Å². The highest BCUT2D eigenvalue weighted by Gasteiger charge is 2.27. The lowest BCUT2D eigenvalue weighted by molar-refractivity contribution is -0.149. The molecule has 188 valence electrons. The third-order valence-electron chi connectivity index (χ3n) is 4.02. The number of nitrogens with one attached hydrogen (secondary N) is 2. The van der Waals surface area contributed by atoms with Crippen molar-refractivity contribution in [2.45, 2.75) is 71.9 Å². The van der Waals surface area contributed by atoms with E-state index in [1.807, 2.05) is 0 Å². The summed E-state index contributed by atoms with van der Waals surface area (Å²) in [6.07, 6.45) is -1.12. The number of hydrogen-bond acceptors (Lipinski definition) is 10. The largest absolute Gasteiger partial charge is 0.466 e. The monoisotopic (exact) mass is 474 g/mol. The van der Waals surface area contributed by atoms with Gasteiger partial charge in [-0.1, -0.05) is 0 Å². The normalized spacial score (nSPS) is 12.0. The average Bonchev–Trinajstić information content (AvgIpc) is 2.74. The van der Waals surface area contributed by atoms with E-state index < -0.39 is 54.2 Å². The second kappa shape index (κ2) is 17.4. The first-order valence-electron chi connectivity index (χ1n) is 10.9. The number of rotatable bonds is 16. The Balaban J connectivity index is 4.96. The van der Waals surface area contributed by atoms with Crippen LogP contribution in [0.2, 0.25) is 0 Å². The molecule has 0 saturated carbocycles. The van der Waals surface area contributed by atoms with Gasteiger partial charge in [-0.3, -0.25) is 19.2 Å². The molecule has 0 bridgehead atoms. The van der Waals surface area contributed by atoms with Crippen LogP contribution in [0.5, 0.6) is 0 Å². The third kappa shape index (κ3) is 13.8. The standard InChI is InChI=1S/C21H34N2O10/c1-5-30-18(26)11-9-14(20(28)32-7-3)22-16(24)13-17(25)23-15(21(29)33-8-4)10-12-19(27)31-6-2/h14-15H,5-13H2,1-4H3,(H,22,24)(H,23,25). The second-order valence-electron chi connectivity index (χ2n) is 6.61. The first kappa shape index (κ1) is 29.8. The minimum Gasteiger partial charge on any atom is -0.466 e. The van der Waals surface area contributed by atoms with Gasteiger partial charge in [0.15, 0.2) is 0 Å². The van der Waals surface area contributed by atoms with Gasteiger partial charge in [-0.25, -0.2) is 9.59 Å². The lowest BCUT2D eigenvalue weighted by Gasteiger charge is -2.19. The SMILES string of the molecule is CCOC(=O)CCC(NC(=O)CC(=O)NC(CCC(=O)OCC)C(=O)OCC)C(=O)OCC. The molecule has 0 aromatic heterocycles. The van der Waals surface area contributed by atoms with E-state index in [4.69, 9.17) is 18.9 Å². The van der Waals surface area contributed by atoms with Gasteiger partial charge in [0.05, 0.1) is 26.4 Å². The Kier molecular flexibility index (Phi) is 15.7. The van der Waals surface area contributed by atoms with Crippen LogP contribution in [0.1, 0.15) is 59.8 Å². The molecule has 0 aliphatic rings. The maximum atomic E-state index is 12.3. The zero-order chi connectivity index (χ0) is 25.2. The summed E-state index contributed by atoms with van der Waals surface area (Å²) in [5, 5.41) is 4.70. The molecule has 2 N–H and O–H groups in total. The van der Waals surface area contributed by atoms with Crippen LogP contribution in [0.4, 0.5) is 0 Å². The van der Waals surface area contributed by atoms with Crippen molar-refractivity contribution in [3.8, 4) is 0 Å². The molecular weight excluding hydrogens is 440 g/mol. The van der Waals surface area contributed by atoms with Crippen LogP contribution in [0.3, 0.4) is 0 Å². The minimum atomic E-state index is -1.15. The molecule has 0 radical (unpaired) electrons. The number of carbonyl (C=O) groups excluding carboxylic acids is 6. The first-order chi connectivity index (χ1) is 15.7. The molecular formula is C21H34N2O10. The second-order valence-corrected chi connectivity index (χ2v) is 6.61. The zero-order valence-corrected chi connectivity index (χ0v) is 19.6. The van der Waals surface area contributed by atoms with E-state index in [-0.39, 0.29) is 52.1 Å². The molecule has 12 heteroatoms. The number of amides is 2. The fourth-order valence-corrected chi connectivity index (χ4v) is 2.61. The van der Waals surface area contributed by atoms with Crippen molar-refractivity contribution in [3.05, 3.63) is 0 Å². The minimum absolute atomic E-state index is 0.0623. The Bertz CT molecular complexity index is 624. The lowest BCUT2D eigenvalue weighted by Crippen LogP contribution is -2.46. The van der Waals surface area contributed by atoms with E-state index >= 15 is 0 Å². The molecule has 0 heterocycles. The number of hydrogen-bond donors (Lipinski definition) is 2. The van der Waals surface area contributed by atoms with Gasteiger partial charge in [0.25, 0.3) is 0 Å². The van der Waals surface area contributed by atoms with Crippen molar-refractivity contribution >= 4 is 35.7 Å². The van der Waals surface area contributed by atoms with Crippen LogP contribution in [0.25, 0.3) is 0 Å². The highest BCUT2D eigenvalue weighted by atomic mass is 16.5. The molecule has 2 unspecified atom stereocenters. The van der Waals surface area contributed by atoms with Crippen LogP contribution < -0.4 is 10.6 Å². The van der Waals surface area contributed by atoms with Crippen molar-refractivity contribution in [2.75, 3.05) is 26.4 Å². The summed E-state index contributed by atoms with van der Waals surface area (Å²) in [6.45, 7) is 6.91. The van der Waals surface area contributed by atoms with Crippen molar-refractivity contribution in [1.82, 2.24) is 10.6 Å². The fourth-order valence-electron chi connectivity index (χ4n) is 2.61. The van der Waals surface area contributed by atoms with Gasteiger partial charge >= 0.3 is 23.9 Å². The number of esters is 4. The van der Waals surface area contributed by atoms with Crippen molar-refractivity contribution in [3.63, 3.8) is 0 Å². The highest BCUT2D eigenvalue weighted by molar-refractivity contribution is 5.99. The third-order valence-corrected chi connectivity index (χ3v) is 4.02. The van der Waals surface area contributed by atoms with E-state index in [1.165, 1.54) is 0 Å². The molecule has 0 fully saturated rings. The van der Waals surface area contributed by atoms with Gasteiger partial charge in [-0.2, -0.15) is 0 Å². The van der Waals surface area contributed by atoms with Crippen molar-refractivity contribution in [1.29, 1.82) is 0 Å². The molecule has 0 aliphatic carbocycles. The quantitative estimate of drug-likeness (QED) is 0.179. The van der Waals surface area contributed by atoms with Crippen molar-refractivity contribution < 1.29 is 47.7 Å². The summed E-state index contributed by atoms with van der Waals surface area (Å²) in [7, 11) is 0. The van der Waals surface area contributed by atoms with Crippen LogP contribution in [-0.4, -0.2) is 74.2 Å². The summed E-state index contributed by atoms with van der Waals surface area (Å²) in [4.78, 5) is 71.8. The smallest absolute Gasteiger partial charge is 0.328 e. The molecule has 0 aliphatic heterocycles. The predicted molar refractivity (Wildman–Crippen MR) is 113 cm³/mol. The summed E-state index contributed by atoms with van der Waals surface area (Å²) >= 11 is 0. The highest BCUT2D eigenvalue weighted by Crippen LogP contribution is 2.05. The Hall–Kier alpha value is -3.18. The first-order valence-corrected chi connectivity index (χ1v) is 10.9. The molecule has 0 aromatic rings. The summed E-state index contributed by atoms with van der Waals surface area (Å²) in [6, 6.07) is -2.31. The van der Waals surface area contributed by atoms with Crippen LogP contribution in [0, 0.1) is 0 Å². The molecule has 0 saturated heterocycles. The van der Waals surface area contributed by atoms with Crippen molar-refractivity contribution in [2.24, 2.45) is 0 Å². The molecule has 2 atom stereocenters. The van der Waals surface area contributed by atoms with E-state index in [9.17, 15) is 28.8 Å². The van der Waals surface area contributed by atoms with Gasteiger partial charge in [0, 0.05) is 12.8 Å². The molecule has 0 spiro atoms. The Morgan fingerprint density at radius 3 is 1.21 bits per heavy atom. The van der Waals surface area contributed by atoms with E-state index in [2.05, 4.69) is 10.6 Å². The molecule has 0 rings (SSSR count). The van der Waals surface area contributed by atoms with Crippen LogP contribution in [0.15, 0.2) is 0 Å². The molecule has 2 amide bonds. The van der Waals surface area contributed by atoms with Crippen LogP contribution in [-0.2, 0) is 47.7 Å². The molecule has 0 aromatic carbocycles. The van der Waals surface area contributed by atoms with E-state index in [0.29, 0.717) is 0 Å². The Morgan fingerprint density at radius 1 is 0.576 bits per heavy atom. The topological polar surface area (TPSA) is 163 Å². The Morgan fingerprint density at radius 2 is 0.909 bits per heavy atom. The summed E-state index contributed by atoms with van der Waals surface area (Å²) < 4.78 is 19.4. The Labute approximate surface area is 193 Å². The number of ether oxygens (including phenoxy) is 4.